The fourth-order valence-electron chi connectivity index (χ4n) is 4.42. The Hall–Kier alpha value is -3.84. The average Bonchev–Trinajstić information content (AvgIpc) is 2.79. The molecule has 29 heavy (non-hydrogen) atoms. The fourth-order valence-corrected chi connectivity index (χ4v) is 4.42. The van der Waals surface area contributed by atoms with Gasteiger partial charge in [0.05, 0.1) is 5.69 Å². The summed E-state index contributed by atoms with van der Waals surface area (Å²) in [4.78, 5) is 2.36. The number of hydrogen-bond acceptors (Lipinski definition) is 1. The maximum absolute atomic E-state index is 2.36. The van der Waals surface area contributed by atoms with Crippen LogP contribution in [0.15, 0.2) is 115 Å². The first kappa shape index (κ1) is 16.1. The van der Waals surface area contributed by atoms with Crippen LogP contribution < -0.4 is 4.90 Å². The molecule has 0 atom stereocenters. The molecule has 0 bridgehead atoms. The van der Waals surface area contributed by atoms with E-state index >= 15 is 0 Å². The molecule has 0 spiro atoms. The number of fused-ring (bicyclic) bond motifs is 3. The van der Waals surface area contributed by atoms with Crippen molar-refractivity contribution in [3.05, 3.63) is 136 Å². The van der Waals surface area contributed by atoms with Crippen LogP contribution in [0.4, 0.5) is 17.1 Å². The summed E-state index contributed by atoms with van der Waals surface area (Å²) in [5.74, 6) is 0. The molecule has 5 aromatic rings. The van der Waals surface area contributed by atoms with Gasteiger partial charge in [-0.05, 0) is 68.9 Å². The van der Waals surface area contributed by atoms with Gasteiger partial charge in [0.2, 0.25) is 0 Å². The van der Waals surface area contributed by atoms with E-state index in [1.165, 1.54) is 48.7 Å². The number of anilines is 3. The van der Waals surface area contributed by atoms with Crippen LogP contribution in [0.25, 0.3) is 10.8 Å². The highest BCUT2D eigenvalue weighted by atomic mass is 15.1. The minimum Gasteiger partial charge on any atom is -0.310 e. The van der Waals surface area contributed by atoms with Gasteiger partial charge in [0, 0.05) is 16.6 Å². The lowest BCUT2D eigenvalue weighted by Crippen LogP contribution is -2.12. The van der Waals surface area contributed by atoms with E-state index in [0.717, 1.165) is 0 Å². The maximum atomic E-state index is 2.36. The lowest BCUT2D eigenvalue weighted by Gasteiger charge is -2.27. The zero-order valence-electron chi connectivity index (χ0n) is 15.9. The van der Waals surface area contributed by atoms with Crippen LogP contribution in [0, 0.1) is 20.9 Å². The zero-order chi connectivity index (χ0) is 19.2. The highest BCUT2D eigenvalue weighted by Crippen LogP contribution is 2.37. The standard InChI is InChI=1S/C28H19N/c1-3-12-22(13-4-1)29(23-14-5-2-6-15-23)27-17-9-16-24-25-18-20-10-7-8-11-21(20)19-26(25)28(24)27/h1-19H. The normalized spacial score (nSPS) is 11.4. The first-order valence-corrected chi connectivity index (χ1v) is 9.97. The van der Waals surface area contributed by atoms with E-state index in [0.29, 0.717) is 0 Å². The van der Waals surface area contributed by atoms with Gasteiger partial charge in [0.15, 0.2) is 0 Å². The topological polar surface area (TPSA) is 3.24 Å². The number of hydrogen-bond donors (Lipinski definition) is 0. The molecule has 6 rings (SSSR count). The molecular formula is C28H19N. The molecule has 5 aromatic carbocycles. The lowest BCUT2D eigenvalue weighted by atomic mass is 9.96. The summed E-state index contributed by atoms with van der Waals surface area (Å²) >= 11 is 0. The molecule has 0 saturated heterocycles. The molecule has 1 aliphatic rings. The van der Waals surface area contributed by atoms with E-state index in [1.807, 2.05) is 0 Å². The SMILES string of the molecule is c1ccc(N(c2ccccc2)c2cccc3c2=c2cc4ccccc4cc2=3)cc1. The molecule has 0 unspecified atom stereocenters. The maximum Gasteiger partial charge on any atom is 0.0546 e. The van der Waals surface area contributed by atoms with Crippen molar-refractivity contribution in [2.24, 2.45) is 0 Å². The molecule has 1 heteroatoms. The van der Waals surface area contributed by atoms with Gasteiger partial charge in [-0.2, -0.15) is 0 Å². The Balaban J connectivity index is 1.70. The number of para-hydroxylation sites is 2. The van der Waals surface area contributed by atoms with Gasteiger partial charge in [0.25, 0.3) is 0 Å². The number of rotatable bonds is 3. The summed E-state index contributed by atoms with van der Waals surface area (Å²) in [6, 6.07) is 41.1. The highest BCUT2D eigenvalue weighted by molar-refractivity contribution is 5.84. The van der Waals surface area contributed by atoms with E-state index in [4.69, 9.17) is 0 Å². The summed E-state index contributed by atoms with van der Waals surface area (Å²) < 4.78 is 0. The van der Waals surface area contributed by atoms with Crippen LogP contribution in [0.5, 0.6) is 0 Å². The first-order valence-electron chi connectivity index (χ1n) is 9.97. The summed E-state index contributed by atoms with van der Waals surface area (Å²) in [5, 5.41) is 7.94. The summed E-state index contributed by atoms with van der Waals surface area (Å²) in [6.45, 7) is 0. The molecule has 0 heterocycles. The molecule has 0 aliphatic heterocycles. The number of benzene rings is 5. The van der Waals surface area contributed by atoms with E-state index in [1.54, 1.807) is 0 Å². The van der Waals surface area contributed by atoms with Gasteiger partial charge in [-0.3, -0.25) is 0 Å². The van der Waals surface area contributed by atoms with E-state index < -0.39 is 0 Å². The monoisotopic (exact) mass is 369 g/mol. The molecule has 0 fully saturated rings. The van der Waals surface area contributed by atoms with Crippen molar-refractivity contribution in [3.63, 3.8) is 0 Å². The second-order valence-electron chi connectivity index (χ2n) is 7.45. The summed E-state index contributed by atoms with van der Waals surface area (Å²) in [6.07, 6.45) is 0. The minimum atomic E-state index is 1.17. The number of nitrogens with zero attached hydrogens (tertiary/aromatic N) is 1. The Kier molecular flexibility index (Phi) is 3.54. The Morgan fingerprint density at radius 2 is 0.966 bits per heavy atom. The van der Waals surface area contributed by atoms with Crippen molar-refractivity contribution in [2.75, 3.05) is 4.90 Å². The lowest BCUT2D eigenvalue weighted by molar-refractivity contribution is 1.21. The van der Waals surface area contributed by atoms with Gasteiger partial charge in [0.1, 0.15) is 0 Å². The van der Waals surface area contributed by atoms with Crippen molar-refractivity contribution < 1.29 is 0 Å². The third-order valence-electron chi connectivity index (χ3n) is 5.76. The molecule has 0 N–H and O–H groups in total. The second-order valence-corrected chi connectivity index (χ2v) is 7.45. The smallest absolute Gasteiger partial charge is 0.0546 e. The summed E-state index contributed by atoms with van der Waals surface area (Å²) in [7, 11) is 0. The Labute approximate surface area is 169 Å². The van der Waals surface area contributed by atoms with Gasteiger partial charge < -0.3 is 4.90 Å². The molecule has 1 aliphatic carbocycles. The molecule has 0 radical (unpaired) electrons. The third kappa shape index (κ3) is 2.48. The van der Waals surface area contributed by atoms with E-state index in [9.17, 15) is 0 Å². The predicted octanol–water partition coefficient (Wildman–Crippen LogP) is 7.20. The fraction of sp³-hybridized carbons (Fsp3) is 0. The van der Waals surface area contributed by atoms with Crippen LogP contribution in [-0.4, -0.2) is 0 Å². The quantitative estimate of drug-likeness (QED) is 0.319. The van der Waals surface area contributed by atoms with Gasteiger partial charge in [-0.1, -0.05) is 72.8 Å². The summed E-state index contributed by atoms with van der Waals surface area (Å²) in [5.41, 5.74) is 3.56. The zero-order valence-corrected chi connectivity index (χ0v) is 15.9. The first-order chi connectivity index (χ1) is 14.4. The van der Waals surface area contributed by atoms with Crippen molar-refractivity contribution in [1.29, 1.82) is 0 Å². The van der Waals surface area contributed by atoms with Crippen LogP contribution in [0.3, 0.4) is 0 Å². The van der Waals surface area contributed by atoms with Crippen LogP contribution in [0.2, 0.25) is 0 Å². The van der Waals surface area contributed by atoms with Crippen molar-refractivity contribution in [3.8, 4) is 0 Å². The minimum absolute atomic E-state index is 1.17. The Morgan fingerprint density at radius 3 is 1.59 bits per heavy atom. The average molecular weight is 369 g/mol. The van der Waals surface area contributed by atoms with Crippen molar-refractivity contribution >= 4 is 27.8 Å². The van der Waals surface area contributed by atoms with Crippen molar-refractivity contribution in [1.82, 2.24) is 0 Å². The predicted molar refractivity (Wildman–Crippen MR) is 120 cm³/mol. The highest BCUT2D eigenvalue weighted by Gasteiger charge is 2.16. The largest absolute Gasteiger partial charge is 0.310 e. The Morgan fingerprint density at radius 1 is 0.414 bits per heavy atom. The van der Waals surface area contributed by atoms with E-state index in [-0.39, 0.29) is 0 Å². The molecule has 0 aromatic heterocycles. The van der Waals surface area contributed by atoms with Gasteiger partial charge in [-0.25, -0.2) is 0 Å². The van der Waals surface area contributed by atoms with Crippen LogP contribution >= 0.6 is 0 Å². The third-order valence-corrected chi connectivity index (χ3v) is 5.76. The molecule has 1 nitrogen and oxygen atoms in total. The van der Waals surface area contributed by atoms with Crippen molar-refractivity contribution in [2.45, 2.75) is 0 Å². The Bertz CT molecular complexity index is 1500. The van der Waals surface area contributed by atoms with Gasteiger partial charge >= 0.3 is 0 Å². The molecule has 0 saturated carbocycles. The van der Waals surface area contributed by atoms with E-state index in [2.05, 4.69) is 120 Å². The van der Waals surface area contributed by atoms with Crippen LogP contribution in [0.1, 0.15) is 0 Å². The molecule has 0 amide bonds. The van der Waals surface area contributed by atoms with Crippen LogP contribution in [-0.2, 0) is 0 Å². The van der Waals surface area contributed by atoms with Gasteiger partial charge in [-0.15, -0.1) is 0 Å². The molecule has 136 valence electrons. The second kappa shape index (κ2) is 6.35. The molecular weight excluding hydrogens is 350 g/mol.